The van der Waals surface area contributed by atoms with Crippen molar-refractivity contribution in [2.24, 2.45) is 11.8 Å². The van der Waals surface area contributed by atoms with E-state index in [0.29, 0.717) is 24.3 Å². The lowest BCUT2D eigenvalue weighted by Gasteiger charge is -2.23. The highest BCUT2D eigenvalue weighted by atomic mass is 16.2. The predicted octanol–water partition coefficient (Wildman–Crippen LogP) is 2.50. The molecule has 5 nitrogen and oxygen atoms in total. The fourth-order valence-corrected chi connectivity index (χ4v) is 3.82. The number of hydrogen-bond acceptors (Lipinski definition) is 3. The second-order valence-electron chi connectivity index (χ2n) is 7.90. The average molecular weight is 335 g/mol. The van der Waals surface area contributed by atoms with E-state index >= 15 is 0 Å². The highest BCUT2D eigenvalue weighted by Crippen LogP contribution is 2.25. The zero-order valence-electron chi connectivity index (χ0n) is 16.5. The molecule has 0 saturated carbocycles. The minimum absolute atomic E-state index is 0.244. The Hall–Kier alpha value is -1.36. The molecule has 0 aliphatic carbocycles. The molecule has 0 spiro atoms. The number of carbonyl (C=O) groups excluding carboxylic acids is 1. The molecule has 5 heteroatoms. The maximum Gasteiger partial charge on any atom is 0.227 e. The fraction of sp³-hybridized carbons (Fsp3) is 0.789. The first-order valence-electron chi connectivity index (χ1n) is 9.21. The molecule has 0 radical (unpaired) electrons. The van der Waals surface area contributed by atoms with Gasteiger partial charge in [0.25, 0.3) is 0 Å². The van der Waals surface area contributed by atoms with Crippen LogP contribution in [0.5, 0.6) is 0 Å². The molecule has 1 saturated heterocycles. The van der Waals surface area contributed by atoms with Gasteiger partial charge in [-0.25, -0.2) is 0 Å². The third kappa shape index (κ3) is 4.00. The second-order valence-corrected chi connectivity index (χ2v) is 7.90. The summed E-state index contributed by atoms with van der Waals surface area (Å²) in [7, 11) is 4.23. The summed E-state index contributed by atoms with van der Waals surface area (Å²) in [6, 6.07) is 0.477. The molecular weight excluding hydrogens is 300 g/mol. The zero-order chi connectivity index (χ0) is 18.0. The minimum Gasteiger partial charge on any atom is -0.340 e. The Kier molecular flexibility index (Phi) is 6.07. The number of aromatic nitrogens is 2. The van der Waals surface area contributed by atoms with Crippen molar-refractivity contribution in [2.75, 3.05) is 27.2 Å². The largest absolute Gasteiger partial charge is 0.340 e. The van der Waals surface area contributed by atoms with Gasteiger partial charge < -0.3 is 9.80 Å². The molecule has 136 valence electrons. The van der Waals surface area contributed by atoms with Crippen LogP contribution < -0.4 is 0 Å². The van der Waals surface area contributed by atoms with E-state index in [9.17, 15) is 4.79 Å². The van der Waals surface area contributed by atoms with Crippen molar-refractivity contribution < 1.29 is 4.79 Å². The van der Waals surface area contributed by atoms with Gasteiger partial charge in [-0.3, -0.25) is 9.48 Å². The molecule has 1 aromatic heterocycles. The quantitative estimate of drug-likeness (QED) is 0.803. The van der Waals surface area contributed by atoms with Crippen LogP contribution in [0.3, 0.4) is 0 Å². The van der Waals surface area contributed by atoms with E-state index in [2.05, 4.69) is 61.4 Å². The maximum absolute atomic E-state index is 12.9. The van der Waals surface area contributed by atoms with Crippen LogP contribution in [0.1, 0.15) is 44.1 Å². The summed E-state index contributed by atoms with van der Waals surface area (Å²) in [6.45, 7) is 13.4. The third-order valence-electron chi connectivity index (χ3n) is 5.34. The van der Waals surface area contributed by atoms with Crippen molar-refractivity contribution >= 4 is 5.91 Å². The van der Waals surface area contributed by atoms with Gasteiger partial charge in [-0.2, -0.15) is 5.10 Å². The van der Waals surface area contributed by atoms with Crippen LogP contribution in [0.4, 0.5) is 0 Å². The molecule has 2 heterocycles. The Morgan fingerprint density at radius 3 is 2.46 bits per heavy atom. The highest BCUT2D eigenvalue weighted by molar-refractivity contribution is 5.79. The first-order chi connectivity index (χ1) is 11.2. The second kappa shape index (κ2) is 7.68. The molecule has 2 atom stereocenters. The molecule has 1 aliphatic rings. The predicted molar refractivity (Wildman–Crippen MR) is 98.1 cm³/mol. The molecule has 0 aromatic carbocycles. The molecule has 1 aromatic rings. The highest BCUT2D eigenvalue weighted by Gasteiger charge is 2.35. The maximum atomic E-state index is 12.9. The van der Waals surface area contributed by atoms with E-state index in [-0.39, 0.29) is 5.91 Å². The van der Waals surface area contributed by atoms with E-state index in [1.165, 1.54) is 0 Å². The lowest BCUT2D eigenvalue weighted by Crippen LogP contribution is -2.36. The summed E-state index contributed by atoms with van der Waals surface area (Å²) >= 11 is 0. The number of amides is 1. The summed E-state index contributed by atoms with van der Waals surface area (Å²) in [5.41, 5.74) is 3.25. The van der Waals surface area contributed by atoms with Crippen molar-refractivity contribution in [3.05, 3.63) is 17.0 Å². The Labute approximate surface area is 147 Å². The van der Waals surface area contributed by atoms with Gasteiger partial charge >= 0.3 is 0 Å². The Morgan fingerprint density at radius 2 is 1.96 bits per heavy atom. The topological polar surface area (TPSA) is 41.4 Å². The van der Waals surface area contributed by atoms with Crippen molar-refractivity contribution in [3.8, 4) is 0 Å². The van der Waals surface area contributed by atoms with Gasteiger partial charge in [-0.1, -0.05) is 27.2 Å². The van der Waals surface area contributed by atoms with Crippen LogP contribution in [-0.4, -0.2) is 58.7 Å². The van der Waals surface area contributed by atoms with Gasteiger partial charge in [0.05, 0.1) is 12.1 Å². The summed E-state index contributed by atoms with van der Waals surface area (Å²) in [5.74, 6) is 1.37. The van der Waals surface area contributed by atoms with Crippen molar-refractivity contribution in [1.29, 1.82) is 0 Å². The van der Waals surface area contributed by atoms with E-state index in [1.54, 1.807) is 0 Å². The Balaban J connectivity index is 2.09. The number of nitrogens with zero attached hydrogens (tertiary/aromatic N) is 4. The molecule has 0 N–H and O–H groups in total. The number of carbonyl (C=O) groups is 1. The van der Waals surface area contributed by atoms with Crippen molar-refractivity contribution in [1.82, 2.24) is 19.6 Å². The van der Waals surface area contributed by atoms with Crippen LogP contribution in [0, 0.1) is 25.7 Å². The summed E-state index contributed by atoms with van der Waals surface area (Å²) in [4.78, 5) is 17.2. The van der Waals surface area contributed by atoms with E-state index in [0.717, 1.165) is 43.0 Å². The minimum atomic E-state index is 0.244. The summed E-state index contributed by atoms with van der Waals surface area (Å²) in [5, 5.41) is 4.64. The van der Waals surface area contributed by atoms with E-state index in [4.69, 9.17) is 0 Å². The third-order valence-corrected chi connectivity index (χ3v) is 5.34. The SMILES string of the molecule is CC[C@@H]1CN(C(=O)Cc2c(C)nn(CC(C)C)c2C)C[C@H]1N(C)C. The van der Waals surface area contributed by atoms with Gasteiger partial charge in [-0.15, -0.1) is 0 Å². The Morgan fingerprint density at radius 1 is 1.29 bits per heavy atom. The smallest absolute Gasteiger partial charge is 0.227 e. The van der Waals surface area contributed by atoms with Crippen molar-refractivity contribution in [3.63, 3.8) is 0 Å². The number of likely N-dealkylation sites (N-methyl/N-ethyl adjacent to an activating group) is 1. The van der Waals surface area contributed by atoms with Crippen LogP contribution in [-0.2, 0) is 17.8 Å². The number of rotatable bonds is 6. The van der Waals surface area contributed by atoms with E-state index < -0.39 is 0 Å². The zero-order valence-corrected chi connectivity index (χ0v) is 16.5. The summed E-state index contributed by atoms with van der Waals surface area (Å²) in [6.07, 6.45) is 1.60. The molecule has 0 unspecified atom stereocenters. The Bertz CT molecular complexity index is 576. The normalized spacial score (nSPS) is 21.3. The molecule has 1 fully saturated rings. The van der Waals surface area contributed by atoms with Crippen LogP contribution in [0.25, 0.3) is 0 Å². The fourth-order valence-electron chi connectivity index (χ4n) is 3.82. The molecule has 2 rings (SSSR count). The summed E-state index contributed by atoms with van der Waals surface area (Å²) < 4.78 is 2.06. The van der Waals surface area contributed by atoms with Gasteiger partial charge in [0.1, 0.15) is 0 Å². The monoisotopic (exact) mass is 334 g/mol. The first-order valence-corrected chi connectivity index (χ1v) is 9.21. The molecule has 24 heavy (non-hydrogen) atoms. The van der Waals surface area contributed by atoms with Crippen LogP contribution in [0.15, 0.2) is 0 Å². The average Bonchev–Trinajstić information content (AvgIpc) is 3.04. The van der Waals surface area contributed by atoms with E-state index in [1.807, 2.05) is 6.92 Å². The standard InChI is InChI=1S/C19H34N4O/c1-8-16-11-22(12-18(16)21(6)7)19(24)9-17-14(4)20-23(15(17)5)10-13(2)3/h13,16,18H,8-12H2,1-7H3/t16-,18-/m1/s1. The molecule has 1 amide bonds. The van der Waals surface area contributed by atoms with Gasteiger partial charge in [-0.05, 0) is 39.8 Å². The molecule has 1 aliphatic heterocycles. The van der Waals surface area contributed by atoms with Crippen molar-refractivity contribution in [2.45, 2.75) is 60.0 Å². The van der Waals surface area contributed by atoms with Crippen LogP contribution >= 0.6 is 0 Å². The molecule has 0 bridgehead atoms. The van der Waals surface area contributed by atoms with Gasteiger partial charge in [0.15, 0.2) is 0 Å². The number of likely N-dealkylation sites (tertiary alicyclic amines) is 1. The van der Waals surface area contributed by atoms with Crippen LogP contribution in [0.2, 0.25) is 0 Å². The number of hydrogen-bond donors (Lipinski definition) is 0. The van der Waals surface area contributed by atoms with Gasteiger partial charge in [0, 0.05) is 36.9 Å². The molecular formula is C19H34N4O. The lowest BCUT2D eigenvalue weighted by atomic mass is 10.0. The lowest BCUT2D eigenvalue weighted by molar-refractivity contribution is -0.129. The number of aryl methyl sites for hydroxylation is 1. The van der Waals surface area contributed by atoms with Gasteiger partial charge in [0.2, 0.25) is 5.91 Å². The first kappa shape index (κ1) is 19.0.